The minimum atomic E-state index is -2.23. The van der Waals surface area contributed by atoms with Crippen LogP contribution in [0.3, 0.4) is 0 Å². The lowest BCUT2D eigenvalue weighted by molar-refractivity contribution is -0.132. The van der Waals surface area contributed by atoms with E-state index in [0.717, 1.165) is 46.5 Å². The number of aromatic nitrogens is 1. The second-order valence-corrected chi connectivity index (χ2v) is 11.8. The van der Waals surface area contributed by atoms with E-state index < -0.39 is 11.1 Å². The number of benzene rings is 3. The van der Waals surface area contributed by atoms with Gasteiger partial charge in [0.1, 0.15) is 11.9 Å². The quantitative estimate of drug-likeness (QED) is 0.339. The molecule has 214 valence electrons. The molecule has 0 bridgehead atoms. The number of halogens is 1. The number of para-hydroxylation sites is 1. The highest BCUT2D eigenvalue weighted by atomic mass is 32.2. The van der Waals surface area contributed by atoms with E-state index in [4.69, 9.17) is 5.73 Å². The van der Waals surface area contributed by atoms with Gasteiger partial charge in [-0.1, -0.05) is 23.5 Å². The minimum Gasteiger partial charge on any atom is -0.768 e. The first kappa shape index (κ1) is 28.0. The smallest absolute Gasteiger partial charge is 0.245 e. The molecule has 11 heteroatoms. The van der Waals surface area contributed by atoms with Crippen LogP contribution in [-0.4, -0.2) is 63.3 Å². The number of nitrogens with two attached hydrogens (primary N) is 1. The van der Waals surface area contributed by atoms with Gasteiger partial charge in [-0.05, 0) is 91.0 Å². The molecule has 1 amide bonds. The fourth-order valence-corrected chi connectivity index (χ4v) is 6.33. The summed E-state index contributed by atoms with van der Waals surface area (Å²) in [4.78, 5) is 23.7. The number of rotatable bonds is 4. The average molecular weight is 585 g/mol. The van der Waals surface area contributed by atoms with Gasteiger partial charge in [0.2, 0.25) is 5.91 Å². The molecule has 0 radical (unpaired) electrons. The number of carbonyl (C=O) groups excluding carboxylic acids is 1. The number of aryl methyl sites for hydroxylation is 1. The average Bonchev–Trinajstić information content (AvgIpc) is 3.36. The van der Waals surface area contributed by atoms with Crippen LogP contribution in [0.25, 0.3) is 10.2 Å². The van der Waals surface area contributed by atoms with Gasteiger partial charge < -0.3 is 25.0 Å². The predicted molar refractivity (Wildman–Crippen MR) is 162 cm³/mol. The van der Waals surface area contributed by atoms with Crippen LogP contribution < -0.4 is 15.5 Å². The molecule has 3 heterocycles. The first-order valence-electron chi connectivity index (χ1n) is 13.2. The monoisotopic (exact) mass is 584 g/mol. The van der Waals surface area contributed by atoms with E-state index in [1.54, 1.807) is 36.4 Å². The minimum absolute atomic E-state index is 0. The molecule has 1 saturated heterocycles. The lowest BCUT2D eigenvalue weighted by atomic mass is 9.99. The Bertz CT molecular complexity index is 1480. The summed E-state index contributed by atoms with van der Waals surface area (Å²) in [5.41, 5.74) is 9.37. The number of nitrogens with zero attached hydrogens (tertiary/aromatic N) is 4. The van der Waals surface area contributed by atoms with Crippen molar-refractivity contribution in [2.24, 2.45) is 0 Å². The molecule has 40 heavy (non-hydrogen) atoms. The van der Waals surface area contributed by atoms with Crippen LogP contribution in [-0.2, 0) is 22.3 Å². The predicted octanol–water partition coefficient (Wildman–Crippen LogP) is 4.92. The fraction of sp³-hybridized carbons (Fsp3) is 0.310. The van der Waals surface area contributed by atoms with Crippen molar-refractivity contribution in [1.29, 1.82) is 0 Å². The van der Waals surface area contributed by atoms with Gasteiger partial charge >= 0.3 is 0 Å². The number of hydrogen-bond donors (Lipinski definition) is 1. The van der Waals surface area contributed by atoms with E-state index in [9.17, 15) is 17.9 Å². The van der Waals surface area contributed by atoms with Gasteiger partial charge in [0, 0.05) is 51.8 Å². The Morgan fingerprint density at radius 2 is 1.80 bits per heavy atom. The summed E-state index contributed by atoms with van der Waals surface area (Å²) >= 11 is -0.707. The zero-order chi connectivity index (χ0) is 28.2. The largest absolute Gasteiger partial charge is 0.768 e. The van der Waals surface area contributed by atoms with Crippen LogP contribution >= 0.6 is 11.3 Å². The second kappa shape index (κ2) is 12.3. The summed E-state index contributed by atoms with van der Waals surface area (Å²) in [5, 5.41) is 0.640. The van der Waals surface area contributed by atoms with E-state index in [-0.39, 0.29) is 25.5 Å². The van der Waals surface area contributed by atoms with Crippen LogP contribution in [0.2, 0.25) is 0 Å². The number of fused-ring (bicyclic) bond motifs is 2. The highest BCUT2D eigenvalue weighted by Gasteiger charge is 2.31. The maximum atomic E-state index is 13.6. The summed E-state index contributed by atoms with van der Waals surface area (Å²) in [6.07, 6.45) is 1.74. The van der Waals surface area contributed by atoms with Gasteiger partial charge in [-0.3, -0.25) is 9.00 Å². The summed E-state index contributed by atoms with van der Waals surface area (Å²) in [5.74, 6) is -0.149. The molecule has 2 atom stereocenters. The zero-order valence-electron chi connectivity index (χ0n) is 22.2. The van der Waals surface area contributed by atoms with E-state index >= 15 is 0 Å². The SMILES string of the molecule is C[C@H](C(=O)N1CCN(c2ccc(S(=O)[O-])cc2)CC1)N1CCCc2cc(F)ccc21.Nc1nc2ccccc2s1.[HH].[HH]. The van der Waals surface area contributed by atoms with Crippen molar-refractivity contribution < 1.29 is 20.8 Å². The molecule has 1 aromatic heterocycles. The fourth-order valence-electron chi connectivity index (χ4n) is 5.24. The topological polar surface area (TPSA) is 106 Å². The van der Waals surface area contributed by atoms with Crippen molar-refractivity contribution in [3.05, 3.63) is 78.1 Å². The Morgan fingerprint density at radius 1 is 1.07 bits per heavy atom. The van der Waals surface area contributed by atoms with Gasteiger partial charge in [-0.2, -0.15) is 0 Å². The summed E-state index contributed by atoms with van der Waals surface area (Å²) in [6.45, 7) is 5.33. The number of thiazole rings is 1. The number of carbonyl (C=O) groups is 1. The molecule has 3 aromatic carbocycles. The molecule has 8 nitrogen and oxygen atoms in total. The third-order valence-corrected chi connectivity index (χ3v) is 8.84. The highest BCUT2D eigenvalue weighted by Crippen LogP contribution is 2.30. The van der Waals surface area contributed by atoms with E-state index in [0.29, 0.717) is 31.3 Å². The van der Waals surface area contributed by atoms with E-state index in [1.165, 1.54) is 17.4 Å². The third-order valence-electron chi connectivity index (χ3n) is 7.32. The Kier molecular flexibility index (Phi) is 8.63. The first-order chi connectivity index (χ1) is 19.3. The standard InChI is InChI=1S/C22H26FN3O3S.C7H6N2S.2H2/c1-16(26-10-2-3-17-15-18(23)4-9-21(17)26)22(27)25-13-11-24(12-14-25)19-5-7-20(8-6-19)30(28)29;8-7-9-5-3-1-2-4-6(5)10-7;;/h4-9,15-16H,2-3,10-14H2,1H3,(H,28,29);1-4H,(H2,8,9);2*1H/p-1/t16-;;;/m1.../s1. The van der Waals surface area contributed by atoms with Crippen LogP contribution in [0.4, 0.5) is 20.9 Å². The van der Waals surface area contributed by atoms with Gasteiger partial charge in [0.15, 0.2) is 5.13 Å². The van der Waals surface area contributed by atoms with Crippen molar-refractivity contribution in [2.45, 2.75) is 30.7 Å². The summed E-state index contributed by atoms with van der Waals surface area (Å²) in [7, 11) is 0. The van der Waals surface area contributed by atoms with Gasteiger partial charge in [0.25, 0.3) is 0 Å². The number of anilines is 3. The second-order valence-electron chi connectivity index (χ2n) is 9.81. The summed E-state index contributed by atoms with van der Waals surface area (Å²) in [6, 6.07) is 19.2. The lowest BCUT2D eigenvalue weighted by Gasteiger charge is -2.41. The Labute approximate surface area is 242 Å². The maximum absolute atomic E-state index is 13.6. The molecular formula is C29H35FN5O3S2-. The lowest BCUT2D eigenvalue weighted by Crippen LogP contribution is -2.55. The molecular weight excluding hydrogens is 549 g/mol. The summed E-state index contributed by atoms with van der Waals surface area (Å²) < 4.78 is 36.8. The van der Waals surface area contributed by atoms with Crippen molar-refractivity contribution >= 4 is 55.0 Å². The van der Waals surface area contributed by atoms with Crippen molar-refractivity contribution in [3.8, 4) is 0 Å². The van der Waals surface area contributed by atoms with Crippen molar-refractivity contribution in [1.82, 2.24) is 9.88 Å². The van der Waals surface area contributed by atoms with Gasteiger partial charge in [0.05, 0.1) is 10.2 Å². The molecule has 0 spiro atoms. The molecule has 4 aromatic rings. The Balaban J connectivity index is 0.000000340. The molecule has 0 saturated carbocycles. The molecule has 6 rings (SSSR count). The zero-order valence-corrected chi connectivity index (χ0v) is 23.8. The molecule has 2 N–H and O–H groups in total. The number of piperazine rings is 1. The maximum Gasteiger partial charge on any atom is 0.245 e. The van der Waals surface area contributed by atoms with Crippen LogP contribution in [0.1, 0.15) is 21.8 Å². The number of nitrogen functional groups attached to an aromatic ring is 1. The molecule has 1 fully saturated rings. The third kappa shape index (κ3) is 6.27. The number of amides is 1. The molecule has 2 aliphatic heterocycles. The van der Waals surface area contributed by atoms with Crippen LogP contribution in [0.15, 0.2) is 71.6 Å². The van der Waals surface area contributed by atoms with Crippen molar-refractivity contribution in [3.63, 3.8) is 0 Å². The van der Waals surface area contributed by atoms with Crippen molar-refractivity contribution in [2.75, 3.05) is 48.3 Å². The van der Waals surface area contributed by atoms with E-state index in [1.807, 2.05) is 36.1 Å². The normalized spacial score (nSPS) is 16.6. The highest BCUT2D eigenvalue weighted by molar-refractivity contribution is 7.79. The van der Waals surface area contributed by atoms with Crippen LogP contribution in [0, 0.1) is 5.82 Å². The van der Waals surface area contributed by atoms with Gasteiger partial charge in [-0.25, -0.2) is 9.37 Å². The molecule has 0 aliphatic carbocycles. The number of hydrogen-bond acceptors (Lipinski definition) is 8. The van der Waals surface area contributed by atoms with E-state index in [2.05, 4.69) is 14.8 Å². The Hall–Kier alpha value is -3.54. The Morgan fingerprint density at radius 3 is 2.50 bits per heavy atom. The van der Waals surface area contributed by atoms with Crippen LogP contribution in [0.5, 0.6) is 0 Å². The van der Waals surface area contributed by atoms with Gasteiger partial charge in [-0.15, -0.1) is 0 Å². The molecule has 1 unspecified atom stereocenters. The first-order valence-corrected chi connectivity index (χ1v) is 15.1. The molecule has 2 aliphatic rings.